The molecule has 2 nitrogen and oxygen atoms in total. The molecule has 0 aliphatic carbocycles. The molecule has 0 spiro atoms. The van der Waals surface area contributed by atoms with E-state index in [9.17, 15) is 0 Å². The summed E-state index contributed by atoms with van der Waals surface area (Å²) in [7, 11) is 0. The average molecular weight is 176 g/mol. The molecule has 0 aromatic rings. The normalized spacial score (nSPS) is 5.00. The summed E-state index contributed by atoms with van der Waals surface area (Å²) in [5.74, 6) is 0. The first-order valence-electron chi connectivity index (χ1n) is 0.678. The number of carbonyl (C=O) groups is 1. The monoisotopic (exact) mass is 176 g/mol. The maximum atomic E-state index is 9.00. The number of hydrogen-bond donors (Lipinski definition) is 1. The van der Waals surface area contributed by atoms with Gasteiger partial charge in [-0.1, -0.05) is 0 Å². The van der Waals surface area contributed by atoms with Gasteiger partial charge in [0.25, 0.3) is 0 Å². The summed E-state index contributed by atoms with van der Waals surface area (Å²) in [5.41, 5.74) is 0. The van der Waals surface area contributed by atoms with Gasteiger partial charge in [0.15, 0.2) is 0 Å². The fourth-order valence-electron chi connectivity index (χ4n) is 0. The zero-order chi connectivity index (χ0) is 3.58. The van der Waals surface area contributed by atoms with Gasteiger partial charge < -0.3 is 0 Å². The second-order valence-corrected chi connectivity index (χ2v) is 1.20. The largest absolute Gasteiger partial charge is 0 e. The van der Waals surface area contributed by atoms with Gasteiger partial charge in [0.1, 0.15) is 0 Å². The van der Waals surface area contributed by atoms with Crippen LogP contribution in [0.1, 0.15) is 0 Å². The summed E-state index contributed by atoms with van der Waals surface area (Å²) in [4.78, 5) is 9.00. The number of carboxylic acid groups (broad SMARTS) is 1. The molecule has 0 aromatic carbocycles. The Hall–Kier alpha value is 0.548. The van der Waals surface area contributed by atoms with Crippen molar-refractivity contribution in [3.63, 3.8) is 0 Å². The van der Waals surface area contributed by atoms with Gasteiger partial charge in [-0.15, -0.1) is 0 Å². The molecular weight excluding hydrogens is 174 g/mol. The van der Waals surface area contributed by atoms with Crippen molar-refractivity contribution in [2.45, 2.75) is 0 Å². The van der Waals surface area contributed by atoms with E-state index < -0.39 is 4.76 Å². The van der Waals surface area contributed by atoms with E-state index in [1.807, 2.05) is 0 Å². The van der Waals surface area contributed by atoms with Crippen molar-refractivity contribution in [2.75, 3.05) is 0 Å². The molecule has 0 amide bonds. The van der Waals surface area contributed by atoms with E-state index in [-0.39, 0.29) is 17.1 Å². The Labute approximate surface area is 48.9 Å². The second-order valence-electron chi connectivity index (χ2n) is 0.305. The van der Waals surface area contributed by atoms with E-state index in [0.717, 1.165) is 16.9 Å². The first-order chi connectivity index (χ1) is 1.73. The van der Waals surface area contributed by atoms with Gasteiger partial charge in [-0.3, -0.25) is 0 Å². The molecule has 1 N–H and O–H groups in total. The molecule has 0 fully saturated rings. The molecule has 0 aromatic heterocycles. The van der Waals surface area contributed by atoms with Crippen LogP contribution in [0.5, 0.6) is 0 Å². The Morgan fingerprint density at radius 1 is 1.80 bits per heavy atom. The fraction of sp³-hybridized carbons (Fsp3) is 0. The molecule has 0 rings (SSSR count). The predicted molar refractivity (Wildman–Crippen MR) is 15.2 cm³/mol. The Bertz CT molecular complexity index is 32.6. The topological polar surface area (TPSA) is 37.3 Å². The molecule has 2 radical (unpaired) electrons. The molecule has 0 atom stereocenters. The van der Waals surface area contributed by atoms with E-state index >= 15 is 0 Å². The van der Waals surface area contributed by atoms with Crippen molar-refractivity contribution in [3.05, 3.63) is 0 Å². The van der Waals surface area contributed by atoms with Crippen LogP contribution in [-0.2, 0) is 17.1 Å². The van der Waals surface area contributed by atoms with Crippen molar-refractivity contribution in [2.24, 2.45) is 0 Å². The van der Waals surface area contributed by atoms with Crippen molar-refractivity contribution in [1.29, 1.82) is 0 Å². The molecule has 0 heterocycles. The molecule has 0 saturated heterocycles. The summed E-state index contributed by atoms with van der Waals surface area (Å²) in [5, 5.41) is 7.42. The molecule has 0 bridgehead atoms. The second kappa shape index (κ2) is 4.55. The summed E-state index contributed by atoms with van der Waals surface area (Å²) in [6.45, 7) is 0. The van der Waals surface area contributed by atoms with Crippen molar-refractivity contribution in [1.82, 2.24) is 0 Å². The fourth-order valence-corrected chi connectivity index (χ4v) is 0. The molecule has 0 saturated carbocycles. The Kier molecular flexibility index (Phi) is 8.29. The van der Waals surface area contributed by atoms with Gasteiger partial charge in [0.05, 0.1) is 0 Å². The zero-order valence-corrected chi connectivity index (χ0v) is 5.51. The van der Waals surface area contributed by atoms with Crippen molar-refractivity contribution < 1.29 is 27.0 Å². The smallest absolute Gasteiger partial charge is 0 e. The van der Waals surface area contributed by atoms with Gasteiger partial charge in [-0.05, 0) is 0 Å². The van der Waals surface area contributed by atoms with Crippen LogP contribution < -0.4 is 0 Å². The molecule has 0 aliphatic rings. The van der Waals surface area contributed by atoms with Crippen LogP contribution in [0.25, 0.3) is 0 Å². The molecule has 0 aliphatic heterocycles. The Morgan fingerprint density at radius 3 is 1.80 bits per heavy atom. The van der Waals surface area contributed by atoms with Gasteiger partial charge in [0, 0.05) is 17.1 Å². The van der Waals surface area contributed by atoms with E-state index in [1.54, 1.807) is 0 Å². The van der Waals surface area contributed by atoms with Crippen LogP contribution in [-0.4, -0.2) is 26.7 Å². The Balaban J connectivity index is 0. The summed E-state index contributed by atoms with van der Waals surface area (Å²) in [6, 6.07) is 0. The van der Waals surface area contributed by atoms with Gasteiger partial charge >= 0.3 is 31.5 Å². The first kappa shape index (κ1) is 9.12. The standard InChI is InChI=1S/CH2AsO2.Mn/c2-1(3)4;/h2H,(H,3,4);. The van der Waals surface area contributed by atoms with E-state index in [2.05, 4.69) is 0 Å². The van der Waals surface area contributed by atoms with Crippen LogP contribution in [0.4, 0.5) is 4.79 Å². The third-order valence-electron chi connectivity index (χ3n) is 0. The van der Waals surface area contributed by atoms with Crippen molar-refractivity contribution >= 4 is 21.6 Å². The van der Waals surface area contributed by atoms with Gasteiger partial charge in [0.2, 0.25) is 0 Å². The Morgan fingerprint density at radius 2 is 1.80 bits per heavy atom. The zero-order valence-electron chi connectivity index (χ0n) is 2.23. The molecule has 0 unspecified atom stereocenters. The quantitative estimate of drug-likeness (QED) is 0.508. The maximum absolute atomic E-state index is 9.00. The molecule has 4 heteroatoms. The summed E-state index contributed by atoms with van der Waals surface area (Å²) in [6.07, 6.45) is 0. The SMILES string of the molecule is O=C(O)[AsH].[Mn]. The molecule has 30 valence electrons. The summed E-state index contributed by atoms with van der Waals surface area (Å²) < 4.78 is -0.833. The van der Waals surface area contributed by atoms with E-state index in [4.69, 9.17) is 9.90 Å². The average Bonchev–Trinajstić information content (AvgIpc) is 0.811. The van der Waals surface area contributed by atoms with Crippen molar-refractivity contribution in [3.8, 4) is 0 Å². The van der Waals surface area contributed by atoms with Crippen LogP contribution in [0.3, 0.4) is 0 Å². The summed E-state index contributed by atoms with van der Waals surface area (Å²) >= 11 is 1.08. The first-order valence-corrected chi connectivity index (χ1v) is 1.73. The van der Waals surface area contributed by atoms with Crippen LogP contribution in [0, 0.1) is 0 Å². The minimum atomic E-state index is -0.833. The number of rotatable bonds is 0. The van der Waals surface area contributed by atoms with Crippen LogP contribution in [0.2, 0.25) is 0 Å². The van der Waals surface area contributed by atoms with Crippen LogP contribution in [0.15, 0.2) is 0 Å². The minimum absolute atomic E-state index is 0. The van der Waals surface area contributed by atoms with Crippen LogP contribution >= 0.6 is 0 Å². The minimum Gasteiger partial charge on any atom is 0 e. The third-order valence-corrected chi connectivity index (χ3v) is 0. The van der Waals surface area contributed by atoms with E-state index in [1.165, 1.54) is 0 Å². The van der Waals surface area contributed by atoms with E-state index in [0.29, 0.717) is 0 Å². The van der Waals surface area contributed by atoms with Gasteiger partial charge in [-0.25, -0.2) is 0 Å². The number of hydrogen-bond acceptors (Lipinski definition) is 1. The third kappa shape index (κ3) is 98.3. The molecule has 5 heavy (non-hydrogen) atoms. The predicted octanol–water partition coefficient (Wildman–Crippen LogP) is -0.437. The molecular formula is CH2AsMnO2. The maximum Gasteiger partial charge on any atom is 0 e. The van der Waals surface area contributed by atoms with Gasteiger partial charge in [-0.2, -0.15) is 0 Å².